The second-order valence-corrected chi connectivity index (χ2v) is 8.76. The van der Waals surface area contributed by atoms with Crippen molar-refractivity contribution in [2.45, 2.75) is 42.8 Å². The minimum absolute atomic E-state index is 0.00884. The Morgan fingerprint density at radius 1 is 1.17 bits per heavy atom. The minimum Gasteiger partial charge on any atom is -0.394 e. The van der Waals surface area contributed by atoms with E-state index in [9.17, 15) is 28.5 Å². The molecule has 4 heterocycles. The molecule has 2 saturated heterocycles. The van der Waals surface area contributed by atoms with Gasteiger partial charge in [0.05, 0.1) is 19.3 Å². The Labute approximate surface area is 197 Å². The molecular weight excluding hydrogens is 469 g/mol. The number of nitrogens with zero attached hydrogens (tertiary/aromatic N) is 6. The van der Waals surface area contributed by atoms with Crippen LogP contribution in [0.25, 0.3) is 11.3 Å². The molecule has 10 nitrogen and oxygen atoms in total. The molecule has 2 aliphatic heterocycles. The van der Waals surface area contributed by atoms with Crippen molar-refractivity contribution in [2.75, 3.05) is 24.6 Å². The van der Waals surface area contributed by atoms with E-state index in [-0.39, 0.29) is 17.8 Å². The van der Waals surface area contributed by atoms with E-state index in [0.717, 1.165) is 12.1 Å². The van der Waals surface area contributed by atoms with Crippen LogP contribution in [-0.2, 0) is 4.74 Å². The summed E-state index contributed by atoms with van der Waals surface area (Å²) in [6, 6.07) is 2.20. The standard InChI is InChI=1S/C22H23F3N6O4/c23-13-6-12(7-14(24)18(13)25)15-8-31(29-28-15)19-20(33)16(9-32)35-22(21(19)34)3-1-5-30(10-22)17-2-4-26-11-27-17/h2,4,6-8,11,16,19-21,32-34H,1,3,5,9-10H2/t16-,19+,20+,21-,22-/m1/s1. The first-order valence-electron chi connectivity index (χ1n) is 11.1. The molecule has 1 spiro atoms. The van der Waals surface area contributed by atoms with Crippen LogP contribution in [0.15, 0.2) is 36.9 Å². The molecule has 0 unspecified atom stereocenters. The van der Waals surface area contributed by atoms with Crippen LogP contribution in [-0.4, -0.2) is 83.9 Å². The molecule has 13 heteroatoms. The number of benzene rings is 1. The normalized spacial score (nSPS) is 29.0. The Morgan fingerprint density at radius 3 is 2.63 bits per heavy atom. The Balaban J connectivity index is 1.48. The summed E-state index contributed by atoms with van der Waals surface area (Å²) >= 11 is 0. The first kappa shape index (κ1) is 23.6. The fraction of sp³-hybridized carbons (Fsp3) is 0.455. The molecule has 0 amide bonds. The molecule has 5 rings (SSSR count). The fourth-order valence-corrected chi connectivity index (χ4v) is 4.92. The number of anilines is 1. The quantitative estimate of drug-likeness (QED) is 0.454. The van der Waals surface area contributed by atoms with Crippen molar-refractivity contribution >= 4 is 5.82 Å². The van der Waals surface area contributed by atoms with Gasteiger partial charge in [-0.2, -0.15) is 0 Å². The SMILES string of the molecule is OC[C@H]1O[C@@]2(CCCN(c3ccncn3)C2)[C@H](O)[C@@H](n2cc(-c3cc(F)c(F)c(F)c3)nn2)[C@H]1O. The summed E-state index contributed by atoms with van der Waals surface area (Å²) in [6.45, 7) is 0.359. The van der Waals surface area contributed by atoms with E-state index in [1.165, 1.54) is 17.2 Å². The molecule has 3 N–H and O–H groups in total. The number of aromatic nitrogens is 5. The van der Waals surface area contributed by atoms with Crippen LogP contribution in [0, 0.1) is 17.5 Å². The van der Waals surface area contributed by atoms with E-state index in [4.69, 9.17) is 4.74 Å². The predicted molar refractivity (Wildman–Crippen MR) is 115 cm³/mol. The maximum absolute atomic E-state index is 13.7. The Hall–Kier alpha value is -3.13. The zero-order chi connectivity index (χ0) is 24.7. The lowest BCUT2D eigenvalue weighted by molar-refractivity contribution is -0.257. The topological polar surface area (TPSA) is 130 Å². The van der Waals surface area contributed by atoms with Crippen LogP contribution in [0.1, 0.15) is 18.9 Å². The second kappa shape index (κ2) is 9.15. The summed E-state index contributed by atoms with van der Waals surface area (Å²) in [7, 11) is 0. The highest BCUT2D eigenvalue weighted by molar-refractivity contribution is 5.58. The van der Waals surface area contributed by atoms with E-state index >= 15 is 0 Å². The van der Waals surface area contributed by atoms with Gasteiger partial charge in [0.25, 0.3) is 0 Å². The molecular formula is C22H23F3N6O4. The van der Waals surface area contributed by atoms with Crippen molar-refractivity contribution in [1.29, 1.82) is 0 Å². The van der Waals surface area contributed by atoms with Crippen molar-refractivity contribution in [3.05, 3.63) is 54.4 Å². The van der Waals surface area contributed by atoms with Crippen LogP contribution < -0.4 is 4.90 Å². The van der Waals surface area contributed by atoms with Gasteiger partial charge in [0.2, 0.25) is 0 Å². The number of piperidine rings is 1. The Morgan fingerprint density at radius 2 is 1.94 bits per heavy atom. The monoisotopic (exact) mass is 492 g/mol. The Bertz CT molecular complexity index is 1180. The van der Waals surface area contributed by atoms with Gasteiger partial charge in [0.15, 0.2) is 17.5 Å². The number of aliphatic hydroxyl groups is 3. The van der Waals surface area contributed by atoms with Crippen LogP contribution in [0.3, 0.4) is 0 Å². The van der Waals surface area contributed by atoms with Gasteiger partial charge in [-0.1, -0.05) is 5.21 Å². The summed E-state index contributed by atoms with van der Waals surface area (Å²) in [4.78, 5) is 10.1. The lowest BCUT2D eigenvalue weighted by atomic mass is 9.78. The van der Waals surface area contributed by atoms with Gasteiger partial charge in [0, 0.05) is 18.3 Å². The number of halogens is 3. The highest BCUT2D eigenvalue weighted by Gasteiger charge is 2.56. The van der Waals surface area contributed by atoms with Crippen molar-refractivity contribution < 1.29 is 33.2 Å². The first-order valence-corrected chi connectivity index (χ1v) is 11.1. The molecule has 0 aliphatic carbocycles. The lowest BCUT2D eigenvalue weighted by Gasteiger charge is -2.53. The van der Waals surface area contributed by atoms with Gasteiger partial charge in [-0.25, -0.2) is 27.8 Å². The van der Waals surface area contributed by atoms with Gasteiger partial charge in [-0.3, -0.25) is 0 Å². The Kier molecular flexibility index (Phi) is 6.17. The highest BCUT2D eigenvalue weighted by Crippen LogP contribution is 2.42. The van der Waals surface area contributed by atoms with Crippen molar-refractivity contribution in [3.63, 3.8) is 0 Å². The zero-order valence-electron chi connectivity index (χ0n) is 18.4. The second-order valence-electron chi connectivity index (χ2n) is 8.76. The van der Waals surface area contributed by atoms with Gasteiger partial charge in [-0.05, 0) is 31.0 Å². The van der Waals surface area contributed by atoms with Crippen molar-refractivity contribution in [1.82, 2.24) is 25.0 Å². The van der Waals surface area contributed by atoms with Gasteiger partial charge in [-0.15, -0.1) is 5.10 Å². The molecule has 35 heavy (non-hydrogen) atoms. The largest absolute Gasteiger partial charge is 0.394 e. The van der Waals surface area contributed by atoms with Crippen molar-refractivity contribution in [3.8, 4) is 11.3 Å². The number of hydrogen-bond donors (Lipinski definition) is 3. The number of rotatable bonds is 4. The minimum atomic E-state index is -1.60. The van der Waals surface area contributed by atoms with E-state index in [1.54, 1.807) is 12.3 Å². The number of ether oxygens (including phenoxy) is 1. The highest BCUT2D eigenvalue weighted by atomic mass is 19.2. The van der Waals surface area contributed by atoms with E-state index in [1.807, 2.05) is 4.90 Å². The molecule has 2 fully saturated rings. The maximum atomic E-state index is 13.7. The van der Waals surface area contributed by atoms with Crippen LogP contribution in [0.2, 0.25) is 0 Å². The van der Waals surface area contributed by atoms with Gasteiger partial charge < -0.3 is 25.0 Å². The van der Waals surface area contributed by atoms with Crippen molar-refractivity contribution in [2.24, 2.45) is 0 Å². The van der Waals surface area contributed by atoms with Gasteiger partial charge >= 0.3 is 0 Å². The smallest absolute Gasteiger partial charge is 0.194 e. The molecule has 3 aromatic rings. The molecule has 2 aromatic heterocycles. The third-order valence-electron chi connectivity index (χ3n) is 6.63. The fourth-order valence-electron chi connectivity index (χ4n) is 4.92. The van der Waals surface area contributed by atoms with E-state index in [0.29, 0.717) is 25.2 Å². The van der Waals surface area contributed by atoms with Crippen LogP contribution in [0.5, 0.6) is 0 Å². The first-order chi connectivity index (χ1) is 16.8. The average Bonchev–Trinajstić information content (AvgIpc) is 3.35. The van der Waals surface area contributed by atoms with E-state index < -0.39 is 54.0 Å². The summed E-state index contributed by atoms with van der Waals surface area (Å²) in [6.07, 6.45) is 1.68. The average molecular weight is 492 g/mol. The molecule has 0 radical (unpaired) electrons. The summed E-state index contributed by atoms with van der Waals surface area (Å²) in [5.41, 5.74) is -1.24. The maximum Gasteiger partial charge on any atom is 0.194 e. The van der Waals surface area contributed by atoms with E-state index in [2.05, 4.69) is 20.3 Å². The van der Waals surface area contributed by atoms with Crippen LogP contribution >= 0.6 is 0 Å². The molecule has 2 aliphatic rings. The summed E-state index contributed by atoms with van der Waals surface area (Å²) in [5, 5.41) is 40.2. The zero-order valence-corrected chi connectivity index (χ0v) is 18.4. The number of aliphatic hydroxyl groups excluding tert-OH is 3. The number of hydrogen-bond acceptors (Lipinski definition) is 9. The molecule has 5 atom stereocenters. The molecule has 0 saturated carbocycles. The molecule has 186 valence electrons. The summed E-state index contributed by atoms with van der Waals surface area (Å²) in [5.74, 6) is -3.73. The molecule has 1 aromatic carbocycles. The third kappa shape index (κ3) is 4.14. The van der Waals surface area contributed by atoms with Gasteiger partial charge in [0.1, 0.15) is 47.8 Å². The van der Waals surface area contributed by atoms with Crippen LogP contribution in [0.4, 0.5) is 19.0 Å². The summed E-state index contributed by atoms with van der Waals surface area (Å²) < 4.78 is 48.1. The predicted octanol–water partition coefficient (Wildman–Crippen LogP) is 0.846. The molecule has 0 bridgehead atoms. The lowest BCUT2D eigenvalue weighted by Crippen LogP contribution is -2.67. The third-order valence-corrected chi connectivity index (χ3v) is 6.63.